The quantitative estimate of drug-likeness (QED) is 0.354. The number of carbonyl (C=O) groups is 3. The van der Waals surface area contributed by atoms with Crippen molar-refractivity contribution in [2.45, 2.75) is 13.0 Å². The molecular formula is C10H19N3O5. The lowest BCUT2D eigenvalue weighted by molar-refractivity contribution is -0.141. The number of rotatable bonds is 9. The minimum absolute atomic E-state index is 0.0208. The monoisotopic (exact) mass is 261 g/mol. The fourth-order valence-corrected chi connectivity index (χ4v) is 1.13. The number of hydrogen-bond donors (Lipinski definition) is 4. The fraction of sp³-hybridized carbons (Fsp3) is 0.700. The van der Waals surface area contributed by atoms with Crippen molar-refractivity contribution in [3.63, 3.8) is 0 Å². The Kier molecular flexibility index (Phi) is 8.50. The molecule has 8 nitrogen and oxygen atoms in total. The average molecular weight is 261 g/mol. The molecular weight excluding hydrogens is 242 g/mol. The second-order valence-electron chi connectivity index (χ2n) is 3.57. The second-order valence-corrected chi connectivity index (χ2v) is 3.57. The molecule has 0 bridgehead atoms. The summed E-state index contributed by atoms with van der Waals surface area (Å²) in [5, 5.41) is 16.3. The number of aliphatic carboxylic acids is 1. The number of ether oxygens (including phenoxy) is 1. The largest absolute Gasteiger partial charge is 0.480 e. The van der Waals surface area contributed by atoms with E-state index in [4.69, 9.17) is 9.84 Å². The maximum atomic E-state index is 11.2. The summed E-state index contributed by atoms with van der Waals surface area (Å²) in [5.41, 5.74) is 0. The van der Waals surface area contributed by atoms with E-state index in [2.05, 4.69) is 16.0 Å². The first-order valence-electron chi connectivity index (χ1n) is 5.43. The van der Waals surface area contributed by atoms with Crippen molar-refractivity contribution in [1.29, 1.82) is 0 Å². The minimum Gasteiger partial charge on any atom is -0.480 e. The third-order valence-corrected chi connectivity index (χ3v) is 1.94. The van der Waals surface area contributed by atoms with Gasteiger partial charge in [-0.3, -0.25) is 9.59 Å². The molecule has 0 aromatic heterocycles. The van der Waals surface area contributed by atoms with E-state index in [1.54, 1.807) is 0 Å². The van der Waals surface area contributed by atoms with Gasteiger partial charge >= 0.3 is 5.97 Å². The van der Waals surface area contributed by atoms with Gasteiger partial charge in [0.1, 0.15) is 6.04 Å². The maximum absolute atomic E-state index is 11.2. The molecule has 8 heteroatoms. The van der Waals surface area contributed by atoms with Crippen LogP contribution in [0.25, 0.3) is 0 Å². The van der Waals surface area contributed by atoms with Crippen molar-refractivity contribution in [2.75, 3.05) is 33.4 Å². The molecule has 0 rings (SSSR count). The summed E-state index contributed by atoms with van der Waals surface area (Å²) >= 11 is 0. The van der Waals surface area contributed by atoms with Crippen LogP contribution in [0.2, 0.25) is 0 Å². The average Bonchev–Trinajstić information content (AvgIpc) is 2.27. The van der Waals surface area contributed by atoms with Crippen LogP contribution >= 0.6 is 0 Å². The van der Waals surface area contributed by atoms with Crippen molar-refractivity contribution in [3.05, 3.63) is 0 Å². The van der Waals surface area contributed by atoms with Gasteiger partial charge in [-0.15, -0.1) is 0 Å². The molecule has 0 spiro atoms. The van der Waals surface area contributed by atoms with Gasteiger partial charge in [0.15, 0.2) is 0 Å². The first kappa shape index (κ1) is 16.3. The molecule has 18 heavy (non-hydrogen) atoms. The summed E-state index contributed by atoms with van der Waals surface area (Å²) in [6.45, 7) is 1.99. The lowest BCUT2D eigenvalue weighted by Gasteiger charge is -2.13. The molecule has 0 aromatic carbocycles. The molecule has 0 heterocycles. The van der Waals surface area contributed by atoms with Crippen molar-refractivity contribution in [1.82, 2.24) is 16.0 Å². The first-order valence-corrected chi connectivity index (χ1v) is 5.43. The van der Waals surface area contributed by atoms with Crippen LogP contribution in [0.3, 0.4) is 0 Å². The Morgan fingerprint density at radius 3 is 2.50 bits per heavy atom. The van der Waals surface area contributed by atoms with E-state index in [1.165, 1.54) is 14.0 Å². The standard InChI is InChI=1S/C10H19N3O5/c1-7(14)13-8(10(16)17)5-11-6-9(15)12-3-4-18-2/h8,11H,3-6H2,1-2H3,(H,12,15)(H,13,14)(H,16,17). The summed E-state index contributed by atoms with van der Waals surface area (Å²) in [6.07, 6.45) is 0. The van der Waals surface area contributed by atoms with Crippen molar-refractivity contribution < 1.29 is 24.2 Å². The summed E-state index contributed by atoms with van der Waals surface area (Å²) in [7, 11) is 1.52. The number of carboxylic acid groups (broad SMARTS) is 1. The van der Waals surface area contributed by atoms with E-state index in [0.29, 0.717) is 13.2 Å². The smallest absolute Gasteiger partial charge is 0.327 e. The number of hydrogen-bond acceptors (Lipinski definition) is 5. The molecule has 0 aliphatic carbocycles. The SMILES string of the molecule is COCCNC(=O)CNCC(NC(C)=O)C(=O)O. The van der Waals surface area contributed by atoms with Crippen molar-refractivity contribution in [3.8, 4) is 0 Å². The van der Waals surface area contributed by atoms with E-state index in [1.807, 2.05) is 0 Å². The van der Waals surface area contributed by atoms with Gasteiger partial charge in [0, 0.05) is 27.1 Å². The highest BCUT2D eigenvalue weighted by Gasteiger charge is 2.17. The molecule has 1 atom stereocenters. The van der Waals surface area contributed by atoms with Crippen LogP contribution in [0.5, 0.6) is 0 Å². The molecule has 4 N–H and O–H groups in total. The highest BCUT2D eigenvalue weighted by atomic mass is 16.5. The number of carboxylic acids is 1. The lowest BCUT2D eigenvalue weighted by Crippen LogP contribution is -2.48. The van der Waals surface area contributed by atoms with E-state index >= 15 is 0 Å². The third kappa shape index (κ3) is 8.48. The molecule has 0 radical (unpaired) electrons. The highest BCUT2D eigenvalue weighted by Crippen LogP contribution is 1.82. The first-order chi connectivity index (χ1) is 8.47. The van der Waals surface area contributed by atoms with Crippen LogP contribution in [-0.2, 0) is 19.1 Å². The van der Waals surface area contributed by atoms with Gasteiger partial charge in [-0.2, -0.15) is 0 Å². The zero-order valence-electron chi connectivity index (χ0n) is 10.5. The minimum atomic E-state index is -1.16. The summed E-state index contributed by atoms with van der Waals surface area (Å²) < 4.78 is 4.75. The van der Waals surface area contributed by atoms with Crippen LogP contribution in [0, 0.1) is 0 Å². The lowest BCUT2D eigenvalue weighted by atomic mass is 10.3. The third-order valence-electron chi connectivity index (χ3n) is 1.94. The van der Waals surface area contributed by atoms with Gasteiger partial charge < -0.3 is 25.8 Å². The van der Waals surface area contributed by atoms with Gasteiger partial charge in [0.2, 0.25) is 11.8 Å². The number of amides is 2. The molecule has 0 saturated heterocycles. The maximum Gasteiger partial charge on any atom is 0.327 e. The molecule has 0 aliphatic rings. The van der Waals surface area contributed by atoms with Crippen molar-refractivity contribution in [2.24, 2.45) is 0 Å². The second kappa shape index (κ2) is 9.37. The van der Waals surface area contributed by atoms with Crippen LogP contribution in [0.4, 0.5) is 0 Å². The number of carbonyl (C=O) groups excluding carboxylic acids is 2. The molecule has 0 fully saturated rings. The molecule has 104 valence electrons. The van der Waals surface area contributed by atoms with Gasteiger partial charge in [0.25, 0.3) is 0 Å². The Morgan fingerprint density at radius 1 is 1.33 bits per heavy atom. The Bertz CT molecular complexity index is 295. The summed E-state index contributed by atoms with van der Waals surface area (Å²) in [4.78, 5) is 32.7. The Morgan fingerprint density at radius 2 is 2.00 bits per heavy atom. The van der Waals surface area contributed by atoms with Crippen LogP contribution in [0.15, 0.2) is 0 Å². The number of nitrogens with one attached hydrogen (secondary N) is 3. The highest BCUT2D eigenvalue weighted by molar-refractivity contribution is 5.82. The Hall–Kier alpha value is -1.67. The molecule has 1 unspecified atom stereocenters. The Labute approximate surface area is 105 Å². The Balaban J connectivity index is 3.81. The predicted octanol–water partition coefficient (Wildman–Crippen LogP) is -2.07. The van der Waals surface area contributed by atoms with E-state index in [-0.39, 0.29) is 19.0 Å². The van der Waals surface area contributed by atoms with Crippen LogP contribution in [0.1, 0.15) is 6.92 Å². The normalized spacial score (nSPS) is 11.7. The van der Waals surface area contributed by atoms with E-state index in [9.17, 15) is 14.4 Å². The molecule has 0 aliphatic heterocycles. The van der Waals surface area contributed by atoms with Gasteiger partial charge in [-0.05, 0) is 0 Å². The van der Waals surface area contributed by atoms with Crippen LogP contribution < -0.4 is 16.0 Å². The van der Waals surface area contributed by atoms with Gasteiger partial charge in [-0.25, -0.2) is 4.79 Å². The van der Waals surface area contributed by atoms with Gasteiger partial charge in [-0.1, -0.05) is 0 Å². The molecule has 0 saturated carbocycles. The zero-order valence-corrected chi connectivity index (χ0v) is 10.5. The fourth-order valence-electron chi connectivity index (χ4n) is 1.13. The van der Waals surface area contributed by atoms with Gasteiger partial charge in [0.05, 0.1) is 13.2 Å². The predicted molar refractivity (Wildman–Crippen MR) is 63.0 cm³/mol. The van der Waals surface area contributed by atoms with Crippen molar-refractivity contribution >= 4 is 17.8 Å². The molecule has 2 amide bonds. The van der Waals surface area contributed by atoms with Crippen LogP contribution in [-0.4, -0.2) is 62.3 Å². The number of methoxy groups -OCH3 is 1. The molecule has 0 aromatic rings. The van der Waals surface area contributed by atoms with E-state index in [0.717, 1.165) is 0 Å². The summed E-state index contributed by atoms with van der Waals surface area (Å²) in [6, 6.07) is -1.05. The summed E-state index contributed by atoms with van der Waals surface area (Å²) in [5.74, 6) is -1.86. The topological polar surface area (TPSA) is 117 Å². The van der Waals surface area contributed by atoms with E-state index < -0.39 is 17.9 Å². The zero-order chi connectivity index (χ0) is 14.0.